The van der Waals surface area contributed by atoms with E-state index >= 15 is 0 Å². The van der Waals surface area contributed by atoms with Gasteiger partial charge in [-0.15, -0.1) is 0 Å². The lowest BCUT2D eigenvalue weighted by atomic mass is 9.92. The number of aromatic nitrogens is 1. The second-order valence-electron chi connectivity index (χ2n) is 6.27. The van der Waals surface area contributed by atoms with Gasteiger partial charge in [-0.05, 0) is 48.2 Å². The number of hydrogen-bond donors (Lipinski definition) is 2. The van der Waals surface area contributed by atoms with Crippen LogP contribution in [0, 0.1) is 0 Å². The van der Waals surface area contributed by atoms with Gasteiger partial charge in [-0.3, -0.25) is 0 Å². The van der Waals surface area contributed by atoms with Crippen LogP contribution in [0.1, 0.15) is 35.3 Å². The lowest BCUT2D eigenvalue weighted by Gasteiger charge is -2.26. The van der Waals surface area contributed by atoms with E-state index in [4.69, 9.17) is 4.74 Å². The zero-order chi connectivity index (χ0) is 16.7. The molecule has 0 aliphatic carbocycles. The quantitative estimate of drug-likeness (QED) is 0.684. The monoisotopic (exact) mass is 384 g/mol. The van der Waals surface area contributed by atoms with E-state index in [9.17, 15) is 0 Å². The highest BCUT2D eigenvalue weighted by atomic mass is 79.9. The first-order chi connectivity index (χ1) is 11.7. The van der Waals surface area contributed by atoms with Crippen LogP contribution in [-0.2, 0) is 12.8 Å². The first kappa shape index (κ1) is 15.7. The summed E-state index contributed by atoms with van der Waals surface area (Å²) < 4.78 is 6.77. The van der Waals surface area contributed by atoms with Crippen LogP contribution in [0.25, 0.3) is 10.9 Å². The minimum Gasteiger partial charge on any atom is -0.496 e. The fourth-order valence-electron chi connectivity index (χ4n) is 3.69. The average Bonchev–Trinajstić information content (AvgIpc) is 2.99. The Kier molecular flexibility index (Phi) is 4.10. The number of aromatic amines is 1. The van der Waals surface area contributed by atoms with Gasteiger partial charge in [0.15, 0.2) is 0 Å². The summed E-state index contributed by atoms with van der Waals surface area (Å²) in [5.74, 6) is 0.942. The van der Waals surface area contributed by atoms with E-state index in [1.165, 1.54) is 33.3 Å². The summed E-state index contributed by atoms with van der Waals surface area (Å²) in [6.07, 6.45) is 2.06. The summed E-state index contributed by atoms with van der Waals surface area (Å²) in [6.45, 7) is 3.16. The van der Waals surface area contributed by atoms with E-state index in [0.29, 0.717) is 0 Å². The Balaban J connectivity index is 1.89. The molecule has 0 spiro atoms. The second kappa shape index (κ2) is 6.26. The summed E-state index contributed by atoms with van der Waals surface area (Å²) in [5.41, 5.74) is 6.42. The summed E-state index contributed by atoms with van der Waals surface area (Å²) in [7, 11) is 1.75. The number of benzene rings is 2. The molecule has 1 atom stereocenters. The molecule has 124 valence electrons. The van der Waals surface area contributed by atoms with Gasteiger partial charge >= 0.3 is 0 Å². The molecule has 2 aromatic carbocycles. The van der Waals surface area contributed by atoms with E-state index in [1.54, 1.807) is 7.11 Å². The number of hydrogen-bond acceptors (Lipinski definition) is 2. The molecule has 1 aliphatic rings. The van der Waals surface area contributed by atoms with Crippen molar-refractivity contribution in [1.82, 2.24) is 10.3 Å². The third kappa shape index (κ3) is 2.54. The van der Waals surface area contributed by atoms with Gasteiger partial charge in [0.25, 0.3) is 0 Å². The molecule has 1 unspecified atom stereocenters. The highest BCUT2D eigenvalue weighted by molar-refractivity contribution is 9.10. The number of H-pyrrole nitrogens is 1. The lowest BCUT2D eigenvalue weighted by molar-refractivity contribution is 0.401. The maximum absolute atomic E-state index is 5.64. The molecule has 3 nitrogen and oxygen atoms in total. The maximum atomic E-state index is 5.64. The van der Waals surface area contributed by atoms with Gasteiger partial charge in [0.2, 0.25) is 0 Å². The molecule has 0 amide bonds. The molecule has 4 heteroatoms. The number of nitrogens with one attached hydrogen (secondary N) is 2. The summed E-state index contributed by atoms with van der Waals surface area (Å²) >= 11 is 3.60. The van der Waals surface area contributed by atoms with E-state index < -0.39 is 0 Å². The molecule has 4 rings (SSSR count). The smallest absolute Gasteiger partial charge is 0.124 e. The molecule has 2 heterocycles. The van der Waals surface area contributed by atoms with E-state index in [1.807, 2.05) is 0 Å². The SMILES string of the molecule is CCc1ccc(OC)c(C2NCCc3c2[nH]c2ccc(Br)cc32)c1. The van der Waals surface area contributed by atoms with Gasteiger partial charge in [-0.2, -0.15) is 0 Å². The molecular formula is C20H21BrN2O. The maximum Gasteiger partial charge on any atom is 0.124 e. The molecular weight excluding hydrogens is 364 g/mol. The van der Waals surface area contributed by atoms with Crippen molar-refractivity contribution in [3.05, 3.63) is 63.3 Å². The van der Waals surface area contributed by atoms with Gasteiger partial charge in [-0.1, -0.05) is 35.0 Å². The van der Waals surface area contributed by atoms with Crippen LogP contribution in [-0.4, -0.2) is 18.6 Å². The molecule has 0 radical (unpaired) electrons. The Hall–Kier alpha value is -1.78. The minimum absolute atomic E-state index is 0.140. The Bertz CT molecular complexity index is 900. The zero-order valence-corrected chi connectivity index (χ0v) is 15.5. The summed E-state index contributed by atoms with van der Waals surface area (Å²) in [6, 6.07) is 13.1. The van der Waals surface area contributed by atoms with Crippen molar-refractivity contribution in [3.63, 3.8) is 0 Å². The van der Waals surface area contributed by atoms with Gasteiger partial charge < -0.3 is 15.0 Å². The number of aryl methyl sites for hydroxylation is 1. The Labute approximate surface area is 150 Å². The third-order valence-corrected chi connectivity index (χ3v) is 5.42. The highest BCUT2D eigenvalue weighted by Crippen LogP contribution is 2.38. The number of halogens is 1. The van der Waals surface area contributed by atoms with Crippen molar-refractivity contribution in [3.8, 4) is 5.75 Å². The molecule has 1 aromatic heterocycles. The Morgan fingerprint density at radius 1 is 1.21 bits per heavy atom. The van der Waals surface area contributed by atoms with E-state index in [-0.39, 0.29) is 6.04 Å². The van der Waals surface area contributed by atoms with Gasteiger partial charge in [0, 0.05) is 33.2 Å². The molecule has 2 N–H and O–H groups in total. The lowest BCUT2D eigenvalue weighted by Crippen LogP contribution is -2.30. The van der Waals surface area contributed by atoms with Crippen molar-refractivity contribution in [1.29, 1.82) is 0 Å². The van der Waals surface area contributed by atoms with E-state index in [0.717, 1.165) is 29.6 Å². The van der Waals surface area contributed by atoms with Crippen molar-refractivity contribution in [2.45, 2.75) is 25.8 Å². The zero-order valence-electron chi connectivity index (χ0n) is 13.9. The largest absolute Gasteiger partial charge is 0.496 e. The number of methoxy groups -OCH3 is 1. The molecule has 1 aliphatic heterocycles. The van der Waals surface area contributed by atoms with Gasteiger partial charge in [-0.25, -0.2) is 0 Å². The third-order valence-electron chi connectivity index (χ3n) is 4.93. The van der Waals surface area contributed by atoms with Gasteiger partial charge in [0.1, 0.15) is 5.75 Å². The van der Waals surface area contributed by atoms with Crippen molar-refractivity contribution >= 4 is 26.8 Å². The van der Waals surface area contributed by atoms with Crippen molar-refractivity contribution < 1.29 is 4.74 Å². The molecule has 0 fully saturated rings. The van der Waals surface area contributed by atoms with Crippen LogP contribution >= 0.6 is 15.9 Å². The summed E-state index contributed by atoms with van der Waals surface area (Å²) in [5, 5.41) is 4.99. The molecule has 0 saturated heterocycles. The van der Waals surface area contributed by atoms with Crippen LogP contribution < -0.4 is 10.1 Å². The highest BCUT2D eigenvalue weighted by Gasteiger charge is 2.27. The van der Waals surface area contributed by atoms with Crippen molar-refractivity contribution in [2.24, 2.45) is 0 Å². The first-order valence-electron chi connectivity index (χ1n) is 8.41. The number of ether oxygens (including phenoxy) is 1. The van der Waals surface area contributed by atoms with Crippen LogP contribution in [0.4, 0.5) is 0 Å². The minimum atomic E-state index is 0.140. The van der Waals surface area contributed by atoms with Crippen molar-refractivity contribution in [2.75, 3.05) is 13.7 Å². The molecule has 3 aromatic rings. The first-order valence-corrected chi connectivity index (χ1v) is 9.20. The number of rotatable bonds is 3. The normalized spacial score (nSPS) is 17.0. The van der Waals surface area contributed by atoms with Gasteiger partial charge in [0.05, 0.1) is 13.2 Å². The van der Waals surface area contributed by atoms with Crippen LogP contribution in [0.5, 0.6) is 5.75 Å². The topological polar surface area (TPSA) is 37.0 Å². The fraction of sp³-hybridized carbons (Fsp3) is 0.300. The Morgan fingerprint density at radius 2 is 2.08 bits per heavy atom. The van der Waals surface area contributed by atoms with Crippen LogP contribution in [0.2, 0.25) is 0 Å². The molecule has 0 bridgehead atoms. The molecule has 24 heavy (non-hydrogen) atoms. The predicted molar refractivity (Wildman–Crippen MR) is 102 cm³/mol. The number of fused-ring (bicyclic) bond motifs is 3. The average molecular weight is 385 g/mol. The van der Waals surface area contributed by atoms with Crippen LogP contribution in [0.15, 0.2) is 40.9 Å². The summed E-state index contributed by atoms with van der Waals surface area (Å²) in [4.78, 5) is 3.64. The van der Waals surface area contributed by atoms with E-state index in [2.05, 4.69) is 69.6 Å². The predicted octanol–water partition coefficient (Wildman–Crippen LogP) is 4.74. The molecule has 0 saturated carbocycles. The van der Waals surface area contributed by atoms with Crippen LogP contribution in [0.3, 0.4) is 0 Å². The fourth-order valence-corrected chi connectivity index (χ4v) is 4.06. The second-order valence-corrected chi connectivity index (χ2v) is 7.19. The standard InChI is InChI=1S/C20H21BrN2O/c1-3-12-4-7-18(24-2)16(10-12)19-20-14(8-9-22-19)15-11-13(21)5-6-17(15)23-20/h4-7,10-11,19,22-23H,3,8-9H2,1-2H3. The Morgan fingerprint density at radius 3 is 2.88 bits per heavy atom.